The summed E-state index contributed by atoms with van der Waals surface area (Å²) in [5.41, 5.74) is 1.08. The molecule has 8 heteroatoms. The first-order chi connectivity index (χ1) is 11.8. The number of nitrogens with one attached hydrogen (secondary N) is 1. The molecule has 1 aliphatic rings. The average Bonchev–Trinajstić information content (AvgIpc) is 2.59. The van der Waals surface area contributed by atoms with E-state index in [0.29, 0.717) is 30.0 Å². The van der Waals surface area contributed by atoms with Gasteiger partial charge in [-0.05, 0) is 37.8 Å². The van der Waals surface area contributed by atoms with Gasteiger partial charge in [-0.3, -0.25) is 4.79 Å². The molecule has 1 aromatic rings. The fourth-order valence-electron chi connectivity index (χ4n) is 2.81. The molecule has 0 spiro atoms. The number of ether oxygens (including phenoxy) is 2. The van der Waals surface area contributed by atoms with Gasteiger partial charge in [-0.25, -0.2) is 4.98 Å². The number of anilines is 1. The van der Waals surface area contributed by atoms with E-state index in [4.69, 9.17) is 9.47 Å². The summed E-state index contributed by atoms with van der Waals surface area (Å²) >= 11 is 0. The number of rotatable bonds is 6. The average molecular weight is 358 g/mol. The maximum atomic E-state index is 12.7. The monoisotopic (exact) mass is 358 g/mol. The highest BCUT2D eigenvalue weighted by atomic mass is 19.4. The number of nitrogens with zero attached hydrogens (tertiary/aromatic N) is 1. The summed E-state index contributed by atoms with van der Waals surface area (Å²) in [7, 11) is 1.46. The Labute approximate surface area is 144 Å². The number of alkyl halides is 3. The SMILES string of the molecule is C=CC(=O)Nc1cnc(OC)c(CO[C@H]2CC[C@H](C(F)(F)F)CC2)c1. The lowest BCUT2D eigenvalue weighted by Gasteiger charge is -2.29. The highest BCUT2D eigenvalue weighted by molar-refractivity contribution is 5.98. The van der Waals surface area contributed by atoms with E-state index in [9.17, 15) is 18.0 Å². The van der Waals surface area contributed by atoms with E-state index >= 15 is 0 Å². The molecule has 1 fully saturated rings. The van der Waals surface area contributed by atoms with Crippen LogP contribution in [0.15, 0.2) is 24.9 Å². The Morgan fingerprint density at radius 1 is 1.40 bits per heavy atom. The zero-order chi connectivity index (χ0) is 18.4. The first-order valence-corrected chi connectivity index (χ1v) is 7.98. The summed E-state index contributed by atoms with van der Waals surface area (Å²) in [6.07, 6.45) is -0.875. The molecule has 1 saturated carbocycles. The third-order valence-electron chi connectivity index (χ3n) is 4.18. The molecule has 1 heterocycles. The number of hydrogen-bond acceptors (Lipinski definition) is 4. The van der Waals surface area contributed by atoms with Crippen molar-refractivity contribution >= 4 is 11.6 Å². The van der Waals surface area contributed by atoms with Gasteiger partial charge in [0.2, 0.25) is 11.8 Å². The predicted molar refractivity (Wildman–Crippen MR) is 86.2 cm³/mol. The number of methoxy groups -OCH3 is 1. The van der Waals surface area contributed by atoms with Gasteiger partial charge in [-0.15, -0.1) is 0 Å². The molecule has 1 aromatic heterocycles. The van der Waals surface area contributed by atoms with Gasteiger partial charge >= 0.3 is 6.18 Å². The van der Waals surface area contributed by atoms with E-state index in [0.717, 1.165) is 6.08 Å². The molecule has 0 bridgehead atoms. The standard InChI is InChI=1S/C17H21F3N2O3/c1-3-15(23)22-13-8-11(16(24-2)21-9-13)10-25-14-6-4-12(5-7-14)17(18,19)20/h3,8-9,12,14H,1,4-7,10H2,2H3,(H,22,23)/t12-,14-. The Hall–Kier alpha value is -2.09. The molecular weight excluding hydrogens is 337 g/mol. The molecule has 0 saturated heterocycles. The fraction of sp³-hybridized carbons (Fsp3) is 0.529. The molecule has 0 radical (unpaired) electrons. The molecule has 0 aliphatic heterocycles. The Bertz CT molecular complexity index is 612. The van der Waals surface area contributed by atoms with Crippen LogP contribution in [0, 0.1) is 5.92 Å². The molecule has 1 aliphatic carbocycles. The summed E-state index contributed by atoms with van der Waals surface area (Å²) in [5, 5.41) is 2.59. The van der Waals surface area contributed by atoms with Crippen LogP contribution in [0.3, 0.4) is 0 Å². The van der Waals surface area contributed by atoms with Crippen LogP contribution in [-0.4, -0.2) is 30.3 Å². The lowest BCUT2D eigenvalue weighted by atomic mass is 9.87. The summed E-state index contributed by atoms with van der Waals surface area (Å²) in [6, 6.07) is 1.66. The van der Waals surface area contributed by atoms with Gasteiger partial charge in [0.05, 0.1) is 37.6 Å². The molecule has 0 aromatic carbocycles. The van der Waals surface area contributed by atoms with Crippen molar-refractivity contribution in [2.24, 2.45) is 5.92 Å². The van der Waals surface area contributed by atoms with Crippen molar-refractivity contribution in [3.8, 4) is 5.88 Å². The summed E-state index contributed by atoms with van der Waals surface area (Å²) in [6.45, 7) is 3.52. The van der Waals surface area contributed by atoms with Crippen molar-refractivity contribution in [1.29, 1.82) is 0 Å². The van der Waals surface area contributed by atoms with Gasteiger partial charge in [-0.1, -0.05) is 6.58 Å². The van der Waals surface area contributed by atoms with Gasteiger partial charge in [0.1, 0.15) is 0 Å². The number of aromatic nitrogens is 1. The van der Waals surface area contributed by atoms with Gasteiger partial charge in [0.25, 0.3) is 0 Å². The van der Waals surface area contributed by atoms with Crippen LogP contribution in [0.5, 0.6) is 5.88 Å². The molecule has 138 valence electrons. The summed E-state index contributed by atoms with van der Waals surface area (Å²) in [4.78, 5) is 15.4. The zero-order valence-electron chi connectivity index (χ0n) is 13.9. The second kappa shape index (κ2) is 8.33. The molecule has 25 heavy (non-hydrogen) atoms. The van der Waals surface area contributed by atoms with Crippen LogP contribution < -0.4 is 10.1 Å². The topological polar surface area (TPSA) is 60.5 Å². The highest BCUT2D eigenvalue weighted by Gasteiger charge is 2.41. The van der Waals surface area contributed by atoms with E-state index in [1.54, 1.807) is 6.07 Å². The minimum atomic E-state index is -4.13. The number of halogens is 3. The number of hydrogen-bond donors (Lipinski definition) is 1. The van der Waals surface area contributed by atoms with Crippen molar-refractivity contribution in [3.63, 3.8) is 0 Å². The largest absolute Gasteiger partial charge is 0.481 e. The molecule has 1 amide bonds. The van der Waals surface area contributed by atoms with E-state index in [2.05, 4.69) is 16.9 Å². The second-order valence-corrected chi connectivity index (χ2v) is 5.91. The molecule has 0 atom stereocenters. The van der Waals surface area contributed by atoms with E-state index in [-0.39, 0.29) is 31.5 Å². The minimum absolute atomic E-state index is 0.0823. The zero-order valence-corrected chi connectivity index (χ0v) is 13.9. The summed E-state index contributed by atoms with van der Waals surface area (Å²) < 4.78 is 49.0. The fourth-order valence-corrected chi connectivity index (χ4v) is 2.81. The van der Waals surface area contributed by atoms with Crippen molar-refractivity contribution in [2.75, 3.05) is 12.4 Å². The first-order valence-electron chi connectivity index (χ1n) is 7.98. The summed E-state index contributed by atoms with van der Waals surface area (Å²) in [5.74, 6) is -1.26. The third kappa shape index (κ3) is 5.45. The van der Waals surface area contributed by atoms with E-state index < -0.39 is 12.1 Å². The molecule has 0 unspecified atom stereocenters. The third-order valence-corrected chi connectivity index (χ3v) is 4.18. The molecule has 5 nitrogen and oxygen atoms in total. The lowest BCUT2D eigenvalue weighted by molar-refractivity contribution is -0.188. The van der Waals surface area contributed by atoms with Crippen molar-refractivity contribution < 1.29 is 27.4 Å². The normalized spacial score (nSPS) is 20.8. The van der Waals surface area contributed by atoms with Gasteiger partial charge in [-0.2, -0.15) is 13.2 Å². The first kappa shape index (κ1) is 19.2. The Balaban J connectivity index is 1.94. The van der Waals surface area contributed by atoms with Crippen LogP contribution >= 0.6 is 0 Å². The molecule has 2 rings (SSSR count). The second-order valence-electron chi connectivity index (χ2n) is 5.91. The predicted octanol–water partition coefficient (Wildman–Crippen LogP) is 3.85. The molecule has 1 N–H and O–H groups in total. The van der Waals surface area contributed by atoms with Crippen molar-refractivity contribution in [3.05, 3.63) is 30.5 Å². The van der Waals surface area contributed by atoms with Gasteiger partial charge in [0, 0.05) is 5.56 Å². The van der Waals surface area contributed by atoms with Crippen molar-refractivity contribution in [2.45, 2.75) is 44.6 Å². The highest BCUT2D eigenvalue weighted by Crippen LogP contribution is 2.38. The smallest absolute Gasteiger partial charge is 0.391 e. The quantitative estimate of drug-likeness (QED) is 0.785. The molecular formula is C17H21F3N2O3. The Kier molecular flexibility index (Phi) is 6.41. The Morgan fingerprint density at radius 3 is 2.64 bits per heavy atom. The van der Waals surface area contributed by atoms with Crippen LogP contribution in [0.2, 0.25) is 0 Å². The number of amides is 1. The maximum Gasteiger partial charge on any atom is 0.391 e. The number of carbonyl (C=O) groups is 1. The van der Waals surface area contributed by atoms with Crippen LogP contribution in [0.4, 0.5) is 18.9 Å². The van der Waals surface area contributed by atoms with Gasteiger partial charge < -0.3 is 14.8 Å². The van der Waals surface area contributed by atoms with Gasteiger partial charge in [0.15, 0.2) is 0 Å². The van der Waals surface area contributed by atoms with Crippen LogP contribution in [0.1, 0.15) is 31.2 Å². The Morgan fingerprint density at radius 2 is 2.08 bits per heavy atom. The van der Waals surface area contributed by atoms with E-state index in [1.807, 2.05) is 0 Å². The maximum absolute atomic E-state index is 12.7. The minimum Gasteiger partial charge on any atom is -0.481 e. The van der Waals surface area contributed by atoms with Crippen LogP contribution in [-0.2, 0) is 16.1 Å². The van der Waals surface area contributed by atoms with Crippen molar-refractivity contribution in [1.82, 2.24) is 4.98 Å². The van der Waals surface area contributed by atoms with E-state index in [1.165, 1.54) is 13.3 Å². The lowest BCUT2D eigenvalue weighted by Crippen LogP contribution is -2.30. The number of pyridine rings is 1. The van der Waals surface area contributed by atoms with Crippen LogP contribution in [0.25, 0.3) is 0 Å². The number of carbonyl (C=O) groups excluding carboxylic acids is 1.